The van der Waals surface area contributed by atoms with Crippen molar-refractivity contribution < 1.29 is 24.2 Å². The van der Waals surface area contributed by atoms with Gasteiger partial charge in [-0.2, -0.15) is 11.8 Å². The molecule has 1 fully saturated rings. The molecule has 1 heterocycles. The van der Waals surface area contributed by atoms with Crippen LogP contribution < -0.4 is 10.6 Å². The van der Waals surface area contributed by atoms with Crippen molar-refractivity contribution in [2.45, 2.75) is 68.7 Å². The van der Waals surface area contributed by atoms with Crippen LogP contribution in [0.2, 0.25) is 0 Å². The van der Waals surface area contributed by atoms with Crippen molar-refractivity contribution in [3.05, 3.63) is 48.0 Å². The molecule has 2 amide bonds. The number of allylic oxidation sites excluding steroid dienone is 2. The molecule has 1 aromatic carbocycles. The van der Waals surface area contributed by atoms with E-state index in [1.807, 2.05) is 30.4 Å². The van der Waals surface area contributed by atoms with Crippen LogP contribution >= 0.6 is 11.8 Å². The molecule has 0 unspecified atom stereocenters. The highest BCUT2D eigenvalue weighted by Gasteiger charge is 2.35. The van der Waals surface area contributed by atoms with E-state index < -0.39 is 11.5 Å². The Morgan fingerprint density at radius 1 is 1.18 bits per heavy atom. The molecule has 1 saturated carbocycles. The van der Waals surface area contributed by atoms with Crippen LogP contribution in [0.15, 0.2) is 42.5 Å². The van der Waals surface area contributed by atoms with Crippen LogP contribution in [0.25, 0.3) is 0 Å². The van der Waals surface area contributed by atoms with Gasteiger partial charge in [-0.1, -0.05) is 55.3 Å². The molecule has 0 radical (unpaired) electrons. The average Bonchev–Trinajstić information content (AvgIpc) is 3.30. The van der Waals surface area contributed by atoms with Gasteiger partial charge in [0, 0.05) is 24.3 Å². The number of carbonyl (C=O) groups is 3. The van der Waals surface area contributed by atoms with Crippen LogP contribution in [0, 0.1) is 5.92 Å². The van der Waals surface area contributed by atoms with Gasteiger partial charge in [0.25, 0.3) is 0 Å². The second kappa shape index (κ2) is 13.5. The SMILES string of the molecule is O=C(C[C@H]1CC=CCCC(=O)OC[C@H](CSCc2ccccc2)NC1=O)NC1(CO)CCCC1. The number of amides is 2. The summed E-state index contributed by atoms with van der Waals surface area (Å²) < 4.78 is 5.40. The molecule has 0 spiro atoms. The highest BCUT2D eigenvalue weighted by molar-refractivity contribution is 7.98. The highest BCUT2D eigenvalue weighted by Crippen LogP contribution is 2.29. The van der Waals surface area contributed by atoms with Gasteiger partial charge in [-0.3, -0.25) is 14.4 Å². The number of ether oxygens (including phenoxy) is 1. The molecule has 34 heavy (non-hydrogen) atoms. The maximum absolute atomic E-state index is 13.2. The van der Waals surface area contributed by atoms with Crippen LogP contribution in [0.5, 0.6) is 0 Å². The minimum Gasteiger partial charge on any atom is -0.463 e. The van der Waals surface area contributed by atoms with Crippen molar-refractivity contribution in [1.29, 1.82) is 0 Å². The van der Waals surface area contributed by atoms with E-state index in [0.717, 1.165) is 31.4 Å². The van der Waals surface area contributed by atoms with Crippen molar-refractivity contribution >= 4 is 29.5 Å². The molecule has 8 heteroatoms. The lowest BCUT2D eigenvalue weighted by molar-refractivity contribution is -0.145. The Labute approximate surface area is 206 Å². The van der Waals surface area contributed by atoms with Gasteiger partial charge in [0.1, 0.15) is 6.61 Å². The van der Waals surface area contributed by atoms with Crippen LogP contribution in [-0.4, -0.2) is 53.4 Å². The van der Waals surface area contributed by atoms with E-state index in [-0.39, 0.29) is 43.5 Å². The Balaban J connectivity index is 1.61. The maximum Gasteiger partial charge on any atom is 0.306 e. The predicted octanol–water partition coefficient (Wildman–Crippen LogP) is 3.12. The normalized spacial score (nSPS) is 23.3. The first-order valence-electron chi connectivity index (χ1n) is 12.1. The molecule has 186 valence electrons. The maximum atomic E-state index is 13.2. The summed E-state index contributed by atoms with van der Waals surface area (Å²) in [6, 6.07) is 9.72. The Morgan fingerprint density at radius 2 is 1.94 bits per heavy atom. The second-order valence-electron chi connectivity index (χ2n) is 9.23. The monoisotopic (exact) mass is 488 g/mol. The summed E-state index contributed by atoms with van der Waals surface area (Å²) in [7, 11) is 0. The van der Waals surface area contributed by atoms with Crippen molar-refractivity contribution in [2.75, 3.05) is 19.0 Å². The molecule has 1 aliphatic carbocycles. The van der Waals surface area contributed by atoms with E-state index in [2.05, 4.69) is 22.8 Å². The summed E-state index contributed by atoms with van der Waals surface area (Å²) in [5, 5.41) is 15.8. The Kier molecular flexibility index (Phi) is 10.5. The summed E-state index contributed by atoms with van der Waals surface area (Å²) in [5.74, 6) is 0.156. The number of hydrogen-bond donors (Lipinski definition) is 3. The summed E-state index contributed by atoms with van der Waals surface area (Å²) in [6.07, 6.45) is 8.52. The molecular formula is C26H36N2O5S. The fraction of sp³-hybridized carbons (Fsp3) is 0.577. The molecule has 7 nitrogen and oxygen atoms in total. The van der Waals surface area contributed by atoms with Gasteiger partial charge in [-0.25, -0.2) is 0 Å². The minimum absolute atomic E-state index is 0.0571. The number of benzene rings is 1. The Morgan fingerprint density at radius 3 is 2.68 bits per heavy atom. The lowest BCUT2D eigenvalue weighted by Gasteiger charge is -2.29. The first-order chi connectivity index (χ1) is 16.5. The zero-order chi connectivity index (χ0) is 24.2. The van der Waals surface area contributed by atoms with Crippen molar-refractivity contribution in [3.8, 4) is 0 Å². The molecule has 2 aliphatic rings. The third-order valence-corrected chi connectivity index (χ3v) is 7.57. The summed E-state index contributed by atoms with van der Waals surface area (Å²) in [6.45, 7) is 0.0319. The van der Waals surface area contributed by atoms with Crippen LogP contribution in [0.4, 0.5) is 0 Å². The lowest BCUT2D eigenvalue weighted by atomic mass is 9.95. The smallest absolute Gasteiger partial charge is 0.306 e. The zero-order valence-corrected chi connectivity index (χ0v) is 20.5. The van der Waals surface area contributed by atoms with Gasteiger partial charge < -0.3 is 20.5 Å². The van der Waals surface area contributed by atoms with Crippen LogP contribution in [0.1, 0.15) is 56.9 Å². The lowest BCUT2D eigenvalue weighted by Crippen LogP contribution is -2.50. The Hall–Kier alpha value is -2.32. The molecule has 0 saturated heterocycles. The molecule has 1 aliphatic heterocycles. The largest absolute Gasteiger partial charge is 0.463 e. The van der Waals surface area contributed by atoms with E-state index in [0.29, 0.717) is 25.0 Å². The molecule has 3 rings (SSSR count). The molecule has 1 aromatic rings. The summed E-state index contributed by atoms with van der Waals surface area (Å²) in [4.78, 5) is 38.0. The van der Waals surface area contributed by atoms with Gasteiger partial charge in [0.2, 0.25) is 11.8 Å². The number of hydrogen-bond acceptors (Lipinski definition) is 6. The number of rotatable bonds is 8. The zero-order valence-electron chi connectivity index (χ0n) is 19.7. The van der Waals surface area contributed by atoms with Crippen molar-refractivity contribution in [3.63, 3.8) is 0 Å². The number of aliphatic hydroxyl groups is 1. The number of aliphatic hydroxyl groups excluding tert-OH is 1. The van der Waals surface area contributed by atoms with E-state index in [1.54, 1.807) is 11.8 Å². The van der Waals surface area contributed by atoms with Gasteiger partial charge in [0.15, 0.2) is 0 Å². The number of carbonyl (C=O) groups excluding carboxylic acids is 3. The van der Waals surface area contributed by atoms with Crippen molar-refractivity contribution in [1.82, 2.24) is 10.6 Å². The number of thioether (sulfide) groups is 1. The van der Waals surface area contributed by atoms with E-state index in [4.69, 9.17) is 4.74 Å². The highest BCUT2D eigenvalue weighted by atomic mass is 32.2. The number of esters is 1. The summed E-state index contributed by atoms with van der Waals surface area (Å²) in [5.41, 5.74) is 0.632. The number of nitrogens with one attached hydrogen (secondary N) is 2. The second-order valence-corrected chi connectivity index (χ2v) is 10.3. The topological polar surface area (TPSA) is 105 Å². The third-order valence-electron chi connectivity index (χ3n) is 6.40. The van der Waals surface area contributed by atoms with Gasteiger partial charge >= 0.3 is 5.97 Å². The quantitative estimate of drug-likeness (QED) is 0.384. The first-order valence-corrected chi connectivity index (χ1v) is 13.3. The Bertz CT molecular complexity index is 839. The molecule has 2 atom stereocenters. The fourth-order valence-electron chi connectivity index (χ4n) is 4.42. The number of cyclic esters (lactones) is 1. The minimum atomic E-state index is -0.556. The molecule has 3 N–H and O–H groups in total. The van der Waals surface area contributed by atoms with Gasteiger partial charge in [-0.15, -0.1) is 0 Å². The third kappa shape index (κ3) is 8.47. The molecule has 0 bridgehead atoms. The average molecular weight is 489 g/mol. The predicted molar refractivity (Wildman–Crippen MR) is 133 cm³/mol. The molecule has 0 aromatic heterocycles. The van der Waals surface area contributed by atoms with Gasteiger partial charge in [-0.05, 0) is 31.2 Å². The van der Waals surface area contributed by atoms with Crippen LogP contribution in [0.3, 0.4) is 0 Å². The molecular weight excluding hydrogens is 452 g/mol. The van der Waals surface area contributed by atoms with Crippen molar-refractivity contribution in [2.24, 2.45) is 5.92 Å². The van der Waals surface area contributed by atoms with E-state index >= 15 is 0 Å². The van der Waals surface area contributed by atoms with E-state index in [9.17, 15) is 19.5 Å². The summed E-state index contributed by atoms with van der Waals surface area (Å²) >= 11 is 1.67. The standard InChI is InChI=1S/C26H36N2O5S/c29-19-26(13-7-8-14-26)28-23(30)15-21-11-5-2-6-12-24(31)33-16-22(27-25(21)32)18-34-17-20-9-3-1-4-10-20/h1-5,9-10,21-22,29H,6-8,11-19H2,(H,27,32)(H,28,30)/t21-,22-/m1/s1. The fourth-order valence-corrected chi connectivity index (χ4v) is 5.43. The van der Waals surface area contributed by atoms with E-state index in [1.165, 1.54) is 5.56 Å². The van der Waals surface area contributed by atoms with Crippen LogP contribution in [-0.2, 0) is 24.9 Å². The van der Waals surface area contributed by atoms with Gasteiger partial charge in [0.05, 0.1) is 24.1 Å². The first kappa shape index (κ1) is 26.3.